The van der Waals surface area contributed by atoms with Crippen LogP contribution >= 0.6 is 11.8 Å². The van der Waals surface area contributed by atoms with E-state index in [4.69, 9.17) is 4.74 Å². The second kappa shape index (κ2) is 16.2. The van der Waals surface area contributed by atoms with Gasteiger partial charge in [-0.05, 0) is 32.1 Å². The Balaban J connectivity index is 0.956. The van der Waals surface area contributed by atoms with Gasteiger partial charge in [0.25, 0.3) is 0 Å². The molecule has 0 bridgehead atoms. The summed E-state index contributed by atoms with van der Waals surface area (Å²) in [6.45, 7) is 1.46. The van der Waals surface area contributed by atoms with Gasteiger partial charge >= 0.3 is 11.7 Å². The van der Waals surface area contributed by atoms with Crippen molar-refractivity contribution in [3.8, 4) is 0 Å². The molecule has 0 saturated carbocycles. The molecule has 4 amide bonds. The molecule has 1 aromatic rings. The summed E-state index contributed by atoms with van der Waals surface area (Å²) in [5.74, 6) is 1.14. The molecule has 3 saturated heterocycles. The number of rotatable bonds is 17. The lowest BCUT2D eigenvalue weighted by molar-refractivity contribution is -0.145. The lowest BCUT2D eigenvalue weighted by Gasteiger charge is -2.16. The molecule has 43 heavy (non-hydrogen) atoms. The first-order chi connectivity index (χ1) is 20.7. The third-order valence-corrected chi connectivity index (χ3v) is 9.14. The van der Waals surface area contributed by atoms with Crippen LogP contribution in [0.15, 0.2) is 11.0 Å². The van der Waals surface area contributed by atoms with Crippen molar-refractivity contribution in [2.75, 3.05) is 30.7 Å². The fraction of sp³-hybridized carbons (Fsp3) is 0.769. The van der Waals surface area contributed by atoms with Gasteiger partial charge in [0, 0.05) is 43.5 Å². The maximum Gasteiger partial charge on any atom is 0.368 e. The normalized spacial score (nSPS) is 27.8. The van der Waals surface area contributed by atoms with Crippen LogP contribution in [0.4, 0.5) is 10.6 Å². The van der Waals surface area contributed by atoms with E-state index in [1.807, 2.05) is 11.8 Å². The highest BCUT2D eigenvalue weighted by Crippen LogP contribution is 2.33. The summed E-state index contributed by atoms with van der Waals surface area (Å²) in [6, 6.07) is 0.355. The molecule has 3 aliphatic rings. The van der Waals surface area contributed by atoms with Gasteiger partial charge in [-0.3, -0.25) is 9.59 Å². The number of nitrogens with one attached hydrogen (secondary N) is 5. The average molecular weight is 627 g/mol. The van der Waals surface area contributed by atoms with Gasteiger partial charge < -0.3 is 46.6 Å². The largest absolute Gasteiger partial charge is 0.385 e. The lowest BCUT2D eigenvalue weighted by Crippen LogP contribution is -2.37. The monoisotopic (exact) mass is 626 g/mol. The number of aliphatic hydroxyl groups excluding tert-OH is 3. The van der Waals surface area contributed by atoms with Crippen LogP contribution in [0.2, 0.25) is 0 Å². The Morgan fingerprint density at radius 2 is 1.67 bits per heavy atom. The van der Waals surface area contributed by atoms with Crippen molar-refractivity contribution in [3.05, 3.63) is 16.7 Å². The standard InChI is InChI=1S/C26H42N8O8S/c35-18(29-12-6-11-27-17-13-30-34(26(41)32-17)23-21(37)22(38)24(39)42-23)8-2-1-5-10-28-19(36)9-4-3-7-16-20-15(14-43-16)31-25(40)33-20/h13,15-16,20-24,37-39H,1-12,14H2,(H,28,36)(H,29,35)(H,27,32,41)(H2,31,33,40). The number of ether oxygens (including phenoxy) is 1. The van der Waals surface area contributed by atoms with Crippen LogP contribution in [-0.4, -0.2) is 109 Å². The van der Waals surface area contributed by atoms with E-state index in [-0.39, 0.29) is 35.7 Å². The Morgan fingerprint density at radius 1 is 0.953 bits per heavy atom. The fourth-order valence-corrected chi connectivity index (χ4v) is 6.79. The van der Waals surface area contributed by atoms with Crippen molar-refractivity contribution < 1.29 is 34.4 Å². The van der Waals surface area contributed by atoms with E-state index in [9.17, 15) is 34.5 Å². The predicted octanol–water partition coefficient (Wildman–Crippen LogP) is -1.47. The van der Waals surface area contributed by atoms with Gasteiger partial charge in [0.15, 0.2) is 18.3 Å². The van der Waals surface area contributed by atoms with Crippen molar-refractivity contribution in [3.63, 3.8) is 0 Å². The second-order valence-electron chi connectivity index (χ2n) is 10.9. The van der Waals surface area contributed by atoms with Gasteiger partial charge in [0.2, 0.25) is 11.8 Å². The summed E-state index contributed by atoms with van der Waals surface area (Å²) in [5.41, 5.74) is -0.824. The minimum absolute atomic E-state index is 0.0487. The molecule has 17 heteroatoms. The molecule has 3 aliphatic heterocycles. The zero-order chi connectivity index (χ0) is 30.8. The zero-order valence-electron chi connectivity index (χ0n) is 23.9. The molecular weight excluding hydrogens is 584 g/mol. The Morgan fingerprint density at radius 3 is 2.37 bits per heavy atom. The van der Waals surface area contributed by atoms with E-state index in [1.54, 1.807) is 0 Å². The number of aromatic nitrogens is 3. The number of carbonyl (C=O) groups excluding carboxylic acids is 3. The number of thioether (sulfide) groups is 1. The number of fused-ring (bicyclic) bond motifs is 1. The maximum absolute atomic E-state index is 12.2. The lowest BCUT2D eigenvalue weighted by atomic mass is 10.0. The predicted molar refractivity (Wildman–Crippen MR) is 156 cm³/mol. The van der Waals surface area contributed by atoms with Gasteiger partial charge in [-0.1, -0.05) is 12.8 Å². The Hall–Kier alpha value is -2.99. The van der Waals surface area contributed by atoms with E-state index in [0.29, 0.717) is 44.1 Å². The van der Waals surface area contributed by atoms with Gasteiger partial charge in [-0.25, -0.2) is 9.59 Å². The van der Waals surface area contributed by atoms with Gasteiger partial charge in [0.1, 0.15) is 12.2 Å². The third-order valence-electron chi connectivity index (χ3n) is 7.64. The highest BCUT2D eigenvalue weighted by Gasteiger charge is 2.44. The topological polar surface area (TPSA) is 229 Å². The highest BCUT2D eigenvalue weighted by atomic mass is 32.2. The van der Waals surface area contributed by atoms with Crippen LogP contribution in [-0.2, 0) is 14.3 Å². The molecule has 240 valence electrons. The van der Waals surface area contributed by atoms with Crippen molar-refractivity contribution in [1.82, 2.24) is 36.0 Å². The van der Waals surface area contributed by atoms with Crippen LogP contribution in [0.5, 0.6) is 0 Å². The van der Waals surface area contributed by atoms with Crippen molar-refractivity contribution >= 4 is 35.4 Å². The molecule has 0 aliphatic carbocycles. The Kier molecular flexibility index (Phi) is 12.4. The molecule has 7 atom stereocenters. The first kappa shape index (κ1) is 32.9. The first-order valence-electron chi connectivity index (χ1n) is 14.8. The molecule has 1 aromatic heterocycles. The van der Waals surface area contributed by atoms with Gasteiger partial charge in [-0.2, -0.15) is 26.5 Å². The molecule has 16 nitrogen and oxygen atoms in total. The van der Waals surface area contributed by atoms with Gasteiger partial charge in [0.05, 0.1) is 18.3 Å². The number of amides is 4. The van der Waals surface area contributed by atoms with E-state index < -0.39 is 30.4 Å². The molecule has 0 spiro atoms. The van der Waals surface area contributed by atoms with Crippen LogP contribution < -0.4 is 32.3 Å². The molecular formula is C26H42N8O8S. The molecule has 0 radical (unpaired) electrons. The minimum Gasteiger partial charge on any atom is -0.385 e. The number of unbranched alkanes of at least 4 members (excludes halogenated alkanes) is 3. The smallest absolute Gasteiger partial charge is 0.368 e. The number of nitrogens with zero attached hydrogens (tertiary/aromatic N) is 3. The molecule has 3 fully saturated rings. The summed E-state index contributed by atoms with van der Waals surface area (Å²) < 4.78 is 5.70. The molecule has 0 aromatic carbocycles. The number of carbonyl (C=O) groups is 3. The number of hydrogen-bond acceptors (Lipinski definition) is 12. The van der Waals surface area contributed by atoms with Crippen LogP contribution in [0, 0.1) is 0 Å². The summed E-state index contributed by atoms with van der Waals surface area (Å²) in [7, 11) is 0. The SMILES string of the molecule is O=C(CCCCC1SCC2NC(=O)NC21)NCCCCCC(=O)NCCCNc1cnn(C2OC(O)C(O)C2O)c(=O)n1. The second-order valence-corrected chi connectivity index (χ2v) is 12.2. The minimum atomic E-state index is -1.63. The first-order valence-corrected chi connectivity index (χ1v) is 15.9. The van der Waals surface area contributed by atoms with Crippen LogP contribution in [0.25, 0.3) is 0 Å². The summed E-state index contributed by atoms with van der Waals surface area (Å²) in [4.78, 5) is 51.6. The molecule has 8 N–H and O–H groups in total. The zero-order valence-corrected chi connectivity index (χ0v) is 24.8. The van der Waals surface area contributed by atoms with Gasteiger partial charge in [-0.15, -0.1) is 0 Å². The Bertz CT molecular complexity index is 1160. The van der Waals surface area contributed by atoms with Crippen LogP contribution in [0.3, 0.4) is 0 Å². The number of aliphatic hydroxyl groups is 3. The van der Waals surface area contributed by atoms with E-state index in [0.717, 1.165) is 49.0 Å². The van der Waals surface area contributed by atoms with E-state index in [1.165, 1.54) is 6.20 Å². The maximum atomic E-state index is 12.2. The van der Waals surface area contributed by atoms with Crippen molar-refractivity contribution in [1.29, 1.82) is 0 Å². The quantitative estimate of drug-likeness (QED) is 0.0732. The molecule has 7 unspecified atom stereocenters. The van der Waals surface area contributed by atoms with Crippen molar-refractivity contribution in [2.45, 2.75) is 99.8 Å². The fourth-order valence-electron chi connectivity index (χ4n) is 5.25. The third kappa shape index (κ3) is 9.50. The van der Waals surface area contributed by atoms with Crippen LogP contribution in [0.1, 0.15) is 64.0 Å². The van der Waals surface area contributed by atoms with Crippen molar-refractivity contribution in [2.24, 2.45) is 0 Å². The summed E-state index contributed by atoms with van der Waals surface area (Å²) >= 11 is 1.88. The van der Waals surface area contributed by atoms with E-state index >= 15 is 0 Å². The summed E-state index contributed by atoms with van der Waals surface area (Å²) in [6.07, 6.45) is 1.84. The number of urea groups is 1. The Labute approximate surface area is 253 Å². The summed E-state index contributed by atoms with van der Waals surface area (Å²) in [5, 5.41) is 47.9. The highest BCUT2D eigenvalue weighted by molar-refractivity contribution is 8.00. The van der Waals surface area contributed by atoms with E-state index in [2.05, 4.69) is 36.7 Å². The average Bonchev–Trinajstić information content (AvgIpc) is 3.61. The molecule has 4 rings (SSSR count). The number of anilines is 1. The number of hydrogen-bond donors (Lipinski definition) is 8. The molecule has 4 heterocycles.